The molecule has 132 valence electrons. The number of rotatable bonds is 6. The maximum absolute atomic E-state index is 12.2. The third kappa shape index (κ3) is 4.96. The molecule has 2 aromatic carbocycles. The molecule has 0 aliphatic rings. The van der Waals surface area contributed by atoms with E-state index in [0.29, 0.717) is 28.7 Å². The molecule has 0 unspecified atom stereocenters. The molecule has 0 aliphatic carbocycles. The minimum Gasteiger partial charge on any atom is -0.507 e. The van der Waals surface area contributed by atoms with Crippen molar-refractivity contribution in [2.75, 3.05) is 13.1 Å². The van der Waals surface area contributed by atoms with E-state index in [-0.39, 0.29) is 29.7 Å². The predicted octanol–water partition coefficient (Wildman–Crippen LogP) is 2.32. The molecule has 0 radical (unpaired) electrons. The second kappa shape index (κ2) is 8.53. The molecular formula is C18H19BrN2O4. The van der Waals surface area contributed by atoms with E-state index in [1.807, 2.05) is 30.3 Å². The zero-order valence-electron chi connectivity index (χ0n) is 13.7. The average molecular weight is 407 g/mol. The highest BCUT2D eigenvalue weighted by Crippen LogP contribution is 2.42. The van der Waals surface area contributed by atoms with Gasteiger partial charge in [0.2, 0.25) is 11.8 Å². The lowest BCUT2D eigenvalue weighted by atomic mass is 9.96. The average Bonchev–Trinajstić information content (AvgIpc) is 2.57. The van der Waals surface area contributed by atoms with Crippen LogP contribution in [0.15, 0.2) is 40.9 Å². The molecule has 0 aliphatic heterocycles. The first-order chi connectivity index (χ1) is 11.9. The molecule has 0 atom stereocenters. The molecule has 6 nitrogen and oxygen atoms in total. The second-order valence-corrected chi connectivity index (χ2v) is 6.25. The first-order valence-corrected chi connectivity index (χ1v) is 8.49. The van der Waals surface area contributed by atoms with Crippen LogP contribution >= 0.6 is 15.9 Å². The number of benzene rings is 2. The molecule has 0 saturated heterocycles. The van der Waals surface area contributed by atoms with Crippen LogP contribution in [0.25, 0.3) is 11.1 Å². The molecule has 0 bridgehead atoms. The van der Waals surface area contributed by atoms with Gasteiger partial charge in [0.15, 0.2) is 0 Å². The lowest BCUT2D eigenvalue weighted by molar-refractivity contribution is -0.121. The third-order valence-corrected chi connectivity index (χ3v) is 4.43. The van der Waals surface area contributed by atoms with Gasteiger partial charge < -0.3 is 20.8 Å². The number of nitrogens with one attached hydrogen (secondary N) is 2. The summed E-state index contributed by atoms with van der Waals surface area (Å²) in [6.07, 6.45) is -0.0349. The Morgan fingerprint density at radius 3 is 2.32 bits per heavy atom. The number of hydrogen-bond donors (Lipinski definition) is 4. The minimum atomic E-state index is -0.284. The van der Waals surface area contributed by atoms with Gasteiger partial charge >= 0.3 is 0 Å². The van der Waals surface area contributed by atoms with Crippen LogP contribution in [-0.4, -0.2) is 35.1 Å². The van der Waals surface area contributed by atoms with Crippen LogP contribution in [0.4, 0.5) is 0 Å². The van der Waals surface area contributed by atoms with Crippen molar-refractivity contribution in [1.29, 1.82) is 0 Å². The number of phenolic OH excluding ortho intramolecular Hbond substituents is 2. The van der Waals surface area contributed by atoms with Crippen LogP contribution in [0.3, 0.4) is 0 Å². The zero-order valence-corrected chi connectivity index (χ0v) is 15.3. The number of carbonyl (C=O) groups excluding carboxylic acids is 2. The van der Waals surface area contributed by atoms with Crippen LogP contribution in [0.2, 0.25) is 0 Å². The smallest absolute Gasteiger partial charge is 0.224 e. The van der Waals surface area contributed by atoms with E-state index in [1.165, 1.54) is 13.0 Å². The summed E-state index contributed by atoms with van der Waals surface area (Å²) >= 11 is 3.29. The second-order valence-electron chi connectivity index (χ2n) is 5.46. The highest BCUT2D eigenvalue weighted by molar-refractivity contribution is 9.10. The maximum atomic E-state index is 12.2. The third-order valence-electron chi connectivity index (χ3n) is 3.54. The van der Waals surface area contributed by atoms with Gasteiger partial charge in [0.25, 0.3) is 0 Å². The molecular weight excluding hydrogens is 388 g/mol. The normalized spacial score (nSPS) is 10.3. The summed E-state index contributed by atoms with van der Waals surface area (Å²) in [6, 6.07) is 10.4. The summed E-state index contributed by atoms with van der Waals surface area (Å²) in [4.78, 5) is 23.0. The summed E-state index contributed by atoms with van der Waals surface area (Å²) in [7, 11) is 0. The lowest BCUT2D eigenvalue weighted by Crippen LogP contribution is -2.34. The van der Waals surface area contributed by atoms with Gasteiger partial charge in [-0.15, -0.1) is 0 Å². The van der Waals surface area contributed by atoms with Crippen LogP contribution in [-0.2, 0) is 16.0 Å². The zero-order chi connectivity index (χ0) is 18.4. The molecule has 0 aromatic heterocycles. The Kier molecular flexibility index (Phi) is 6.41. The summed E-state index contributed by atoms with van der Waals surface area (Å²) in [5.41, 5.74) is 1.71. The fraction of sp³-hybridized carbons (Fsp3) is 0.222. The van der Waals surface area contributed by atoms with Gasteiger partial charge in [-0.3, -0.25) is 9.59 Å². The monoisotopic (exact) mass is 406 g/mol. The fourth-order valence-corrected chi connectivity index (χ4v) is 2.89. The molecule has 25 heavy (non-hydrogen) atoms. The molecule has 0 saturated carbocycles. The number of hydrogen-bond acceptors (Lipinski definition) is 4. The number of halogens is 1. The van der Waals surface area contributed by atoms with Gasteiger partial charge in [0.1, 0.15) is 11.5 Å². The van der Waals surface area contributed by atoms with E-state index < -0.39 is 0 Å². The van der Waals surface area contributed by atoms with Gasteiger partial charge in [-0.1, -0.05) is 30.3 Å². The lowest BCUT2D eigenvalue weighted by Gasteiger charge is -2.15. The highest BCUT2D eigenvalue weighted by atomic mass is 79.9. The van der Waals surface area contributed by atoms with Gasteiger partial charge in [-0.25, -0.2) is 0 Å². The van der Waals surface area contributed by atoms with Crippen molar-refractivity contribution in [3.05, 3.63) is 46.4 Å². The van der Waals surface area contributed by atoms with E-state index in [2.05, 4.69) is 26.6 Å². The van der Waals surface area contributed by atoms with E-state index >= 15 is 0 Å². The van der Waals surface area contributed by atoms with Crippen molar-refractivity contribution in [2.45, 2.75) is 13.3 Å². The van der Waals surface area contributed by atoms with Crippen molar-refractivity contribution in [3.8, 4) is 22.6 Å². The van der Waals surface area contributed by atoms with Crippen LogP contribution in [0.1, 0.15) is 12.5 Å². The minimum absolute atomic E-state index is 0.0349. The molecule has 4 N–H and O–H groups in total. The number of carbonyl (C=O) groups is 2. The SMILES string of the molecule is CC(=O)NCCNC(=O)Cc1c(Br)c(O)cc(O)c1-c1ccccc1. The van der Waals surface area contributed by atoms with Crippen LogP contribution < -0.4 is 10.6 Å². The van der Waals surface area contributed by atoms with Crippen molar-refractivity contribution in [1.82, 2.24) is 10.6 Å². The van der Waals surface area contributed by atoms with E-state index in [1.54, 1.807) is 0 Å². The summed E-state index contributed by atoms with van der Waals surface area (Å²) in [6.45, 7) is 2.03. The number of aromatic hydroxyl groups is 2. The Labute approximate surface area is 154 Å². The summed E-state index contributed by atoms with van der Waals surface area (Å²) < 4.78 is 0.362. The summed E-state index contributed by atoms with van der Waals surface area (Å²) in [5, 5.41) is 25.5. The van der Waals surface area contributed by atoms with E-state index in [9.17, 15) is 19.8 Å². The number of amides is 2. The van der Waals surface area contributed by atoms with Crippen molar-refractivity contribution in [2.24, 2.45) is 0 Å². The maximum Gasteiger partial charge on any atom is 0.224 e. The Morgan fingerprint density at radius 1 is 1.04 bits per heavy atom. The quantitative estimate of drug-likeness (QED) is 0.553. The molecule has 0 spiro atoms. The van der Waals surface area contributed by atoms with Crippen molar-refractivity contribution >= 4 is 27.7 Å². The van der Waals surface area contributed by atoms with E-state index in [0.717, 1.165) is 5.56 Å². The molecule has 0 heterocycles. The molecule has 7 heteroatoms. The Morgan fingerprint density at radius 2 is 1.68 bits per heavy atom. The largest absolute Gasteiger partial charge is 0.507 e. The van der Waals surface area contributed by atoms with Gasteiger partial charge in [0.05, 0.1) is 10.9 Å². The molecule has 2 aromatic rings. The van der Waals surface area contributed by atoms with Crippen molar-refractivity contribution in [3.63, 3.8) is 0 Å². The molecule has 0 fully saturated rings. The van der Waals surface area contributed by atoms with E-state index in [4.69, 9.17) is 0 Å². The molecule has 2 amide bonds. The van der Waals surface area contributed by atoms with Crippen LogP contribution in [0, 0.1) is 0 Å². The molecule has 2 rings (SSSR count). The predicted molar refractivity (Wildman–Crippen MR) is 98.3 cm³/mol. The fourth-order valence-electron chi connectivity index (χ4n) is 2.44. The van der Waals surface area contributed by atoms with Crippen LogP contribution in [0.5, 0.6) is 11.5 Å². The Bertz CT molecular complexity index is 778. The Balaban J connectivity index is 2.24. The number of phenols is 2. The summed E-state index contributed by atoms with van der Waals surface area (Å²) in [5.74, 6) is -0.694. The highest BCUT2D eigenvalue weighted by Gasteiger charge is 2.19. The van der Waals surface area contributed by atoms with Gasteiger partial charge in [0, 0.05) is 31.6 Å². The topological polar surface area (TPSA) is 98.7 Å². The first-order valence-electron chi connectivity index (χ1n) is 7.70. The Hall–Kier alpha value is -2.54. The van der Waals surface area contributed by atoms with Gasteiger partial charge in [-0.05, 0) is 27.1 Å². The first kappa shape index (κ1) is 18.8. The van der Waals surface area contributed by atoms with Gasteiger partial charge in [-0.2, -0.15) is 0 Å². The van der Waals surface area contributed by atoms with Crippen molar-refractivity contribution < 1.29 is 19.8 Å². The standard InChI is InChI=1S/C18H19BrN2O4/c1-11(22)20-7-8-21-16(25)9-13-17(12-5-3-2-4-6-12)14(23)10-15(24)18(13)19/h2-6,10,23-24H,7-9H2,1H3,(H,20,22)(H,21,25).